The number of unbranched alkanes of at least 4 members (excludes halogenated alkanes) is 3. The van der Waals surface area contributed by atoms with Gasteiger partial charge in [0, 0.05) is 6.42 Å². The third-order valence-electron chi connectivity index (χ3n) is 5.05. The van der Waals surface area contributed by atoms with Crippen LogP contribution in [-0.4, -0.2) is 22.3 Å². The third kappa shape index (κ3) is 5.82. The van der Waals surface area contributed by atoms with Crippen LogP contribution in [0.2, 0.25) is 0 Å². The van der Waals surface area contributed by atoms with Crippen LogP contribution in [0, 0.1) is 17.3 Å². The van der Waals surface area contributed by atoms with Crippen LogP contribution >= 0.6 is 0 Å². The zero-order valence-electron chi connectivity index (χ0n) is 13.4. The van der Waals surface area contributed by atoms with Gasteiger partial charge in [-0.25, -0.2) is 0 Å². The van der Waals surface area contributed by atoms with Crippen molar-refractivity contribution in [2.75, 3.05) is 0 Å². The van der Waals surface area contributed by atoms with Gasteiger partial charge in [0.2, 0.25) is 0 Å². The zero-order chi connectivity index (χ0) is 15.2. The van der Waals surface area contributed by atoms with Crippen molar-refractivity contribution in [1.82, 2.24) is 0 Å². The highest BCUT2D eigenvalue weighted by atomic mass is 16.4. The second-order valence-electron chi connectivity index (χ2n) is 7.34. The number of carboxylic acids is 1. The van der Waals surface area contributed by atoms with Gasteiger partial charge >= 0.3 is 5.97 Å². The first-order valence-electron chi connectivity index (χ1n) is 8.24. The summed E-state index contributed by atoms with van der Waals surface area (Å²) < 4.78 is 0. The number of aliphatic hydroxyl groups excluding tert-OH is 1. The molecule has 118 valence electrons. The van der Waals surface area contributed by atoms with Crippen molar-refractivity contribution in [3.05, 3.63) is 0 Å². The molecule has 1 fully saturated rings. The van der Waals surface area contributed by atoms with Crippen LogP contribution in [0.5, 0.6) is 0 Å². The quantitative estimate of drug-likeness (QED) is 0.656. The van der Waals surface area contributed by atoms with Crippen LogP contribution in [0.15, 0.2) is 0 Å². The average Bonchev–Trinajstić information content (AvgIpc) is 2.32. The molecule has 0 heterocycles. The summed E-state index contributed by atoms with van der Waals surface area (Å²) in [6.07, 6.45) is 8.72. The molecule has 0 aromatic rings. The number of rotatable bonds is 8. The molecule has 3 nitrogen and oxygen atoms in total. The number of hydrogen-bond donors (Lipinski definition) is 2. The highest BCUT2D eigenvalue weighted by molar-refractivity contribution is 5.66. The Hall–Kier alpha value is -0.570. The Morgan fingerprint density at radius 2 is 1.90 bits per heavy atom. The molecule has 0 aromatic carbocycles. The summed E-state index contributed by atoms with van der Waals surface area (Å²) in [5.74, 6) is 0.358. The number of carboxylic acid groups (broad SMARTS) is 1. The van der Waals surface area contributed by atoms with Crippen molar-refractivity contribution < 1.29 is 15.0 Å². The molecule has 0 spiro atoms. The van der Waals surface area contributed by atoms with Gasteiger partial charge in [0.25, 0.3) is 0 Å². The lowest BCUT2D eigenvalue weighted by Crippen LogP contribution is -2.37. The Labute approximate surface area is 123 Å². The van der Waals surface area contributed by atoms with Gasteiger partial charge in [-0.3, -0.25) is 4.79 Å². The fourth-order valence-electron chi connectivity index (χ4n) is 3.65. The SMILES string of the molecule is CC(C)C1CCC(C)(CCCCCCC(=O)O)CC1O. The lowest BCUT2D eigenvalue weighted by molar-refractivity contribution is -0.137. The van der Waals surface area contributed by atoms with Crippen molar-refractivity contribution in [3.63, 3.8) is 0 Å². The molecule has 1 aliphatic rings. The van der Waals surface area contributed by atoms with Crippen molar-refractivity contribution in [3.8, 4) is 0 Å². The summed E-state index contributed by atoms with van der Waals surface area (Å²) in [7, 11) is 0. The van der Waals surface area contributed by atoms with Gasteiger partial charge in [-0.1, -0.05) is 40.0 Å². The first-order chi connectivity index (χ1) is 9.34. The fraction of sp³-hybridized carbons (Fsp3) is 0.941. The van der Waals surface area contributed by atoms with Gasteiger partial charge in [-0.05, 0) is 49.4 Å². The van der Waals surface area contributed by atoms with Crippen molar-refractivity contribution in [2.24, 2.45) is 17.3 Å². The Bertz CT molecular complexity index is 301. The van der Waals surface area contributed by atoms with Gasteiger partial charge < -0.3 is 10.2 Å². The number of aliphatic carboxylic acids is 1. The topological polar surface area (TPSA) is 57.5 Å². The van der Waals surface area contributed by atoms with Gasteiger partial charge in [0.05, 0.1) is 6.10 Å². The minimum atomic E-state index is -0.688. The van der Waals surface area contributed by atoms with Crippen LogP contribution in [0.25, 0.3) is 0 Å². The summed E-state index contributed by atoms with van der Waals surface area (Å²) in [6, 6.07) is 0. The Morgan fingerprint density at radius 3 is 2.45 bits per heavy atom. The molecular weight excluding hydrogens is 252 g/mol. The van der Waals surface area contributed by atoms with E-state index in [1.54, 1.807) is 0 Å². The van der Waals surface area contributed by atoms with Crippen molar-refractivity contribution in [1.29, 1.82) is 0 Å². The molecule has 2 N–H and O–H groups in total. The maximum Gasteiger partial charge on any atom is 0.303 e. The molecule has 3 unspecified atom stereocenters. The van der Waals surface area contributed by atoms with E-state index in [2.05, 4.69) is 20.8 Å². The first-order valence-corrected chi connectivity index (χ1v) is 8.24. The molecule has 0 bridgehead atoms. The highest BCUT2D eigenvalue weighted by Gasteiger charge is 2.37. The number of hydrogen-bond acceptors (Lipinski definition) is 2. The molecular formula is C17H32O3. The molecule has 20 heavy (non-hydrogen) atoms. The average molecular weight is 284 g/mol. The molecule has 1 rings (SSSR count). The summed E-state index contributed by atoms with van der Waals surface area (Å²) in [4.78, 5) is 10.4. The third-order valence-corrected chi connectivity index (χ3v) is 5.05. The van der Waals surface area contributed by atoms with Crippen molar-refractivity contribution in [2.45, 2.75) is 84.7 Å². The summed E-state index contributed by atoms with van der Waals surface area (Å²) in [6.45, 7) is 6.72. The molecule has 1 saturated carbocycles. The van der Waals surface area contributed by atoms with E-state index < -0.39 is 5.97 Å². The standard InChI is InChI=1S/C17H32O3/c1-13(2)14-9-11-17(3,12-15(14)18)10-7-5-4-6-8-16(19)20/h13-15,18H,4-12H2,1-3H3,(H,19,20). The Kier molecular flexibility index (Phi) is 7.01. The normalized spacial score (nSPS) is 30.6. The predicted molar refractivity (Wildman–Crippen MR) is 81.6 cm³/mol. The molecule has 3 heteroatoms. The number of aliphatic hydroxyl groups is 1. The molecule has 1 aliphatic carbocycles. The highest BCUT2D eigenvalue weighted by Crippen LogP contribution is 2.44. The van der Waals surface area contributed by atoms with Gasteiger partial charge in [-0.15, -0.1) is 0 Å². The van der Waals surface area contributed by atoms with E-state index >= 15 is 0 Å². The van der Waals surface area contributed by atoms with E-state index in [9.17, 15) is 9.90 Å². The van der Waals surface area contributed by atoms with E-state index in [-0.39, 0.29) is 11.5 Å². The van der Waals surface area contributed by atoms with Gasteiger partial charge in [0.15, 0.2) is 0 Å². The Balaban J connectivity index is 2.21. The van der Waals surface area contributed by atoms with Crippen LogP contribution < -0.4 is 0 Å². The maximum absolute atomic E-state index is 10.4. The molecule has 0 amide bonds. The zero-order valence-corrected chi connectivity index (χ0v) is 13.4. The second kappa shape index (κ2) is 8.02. The largest absolute Gasteiger partial charge is 0.481 e. The van der Waals surface area contributed by atoms with Crippen LogP contribution in [-0.2, 0) is 4.79 Å². The first kappa shape index (κ1) is 17.5. The number of carbonyl (C=O) groups is 1. The van der Waals surface area contributed by atoms with E-state index in [0.29, 0.717) is 18.3 Å². The van der Waals surface area contributed by atoms with E-state index in [4.69, 9.17) is 5.11 Å². The summed E-state index contributed by atoms with van der Waals surface area (Å²) in [5.41, 5.74) is 0.289. The molecule has 0 aromatic heterocycles. The van der Waals surface area contributed by atoms with Crippen molar-refractivity contribution >= 4 is 5.97 Å². The smallest absolute Gasteiger partial charge is 0.303 e. The molecule has 0 radical (unpaired) electrons. The lowest BCUT2D eigenvalue weighted by Gasteiger charge is -2.42. The monoisotopic (exact) mass is 284 g/mol. The lowest BCUT2D eigenvalue weighted by atomic mass is 9.65. The molecule has 0 saturated heterocycles. The summed E-state index contributed by atoms with van der Waals surface area (Å²) >= 11 is 0. The fourth-order valence-corrected chi connectivity index (χ4v) is 3.65. The maximum atomic E-state index is 10.4. The van der Waals surface area contributed by atoms with Crippen LogP contribution in [0.1, 0.15) is 78.6 Å². The molecule has 0 aliphatic heterocycles. The summed E-state index contributed by atoms with van der Waals surface area (Å²) in [5, 5.41) is 18.9. The van der Waals surface area contributed by atoms with Gasteiger partial charge in [-0.2, -0.15) is 0 Å². The predicted octanol–water partition coefficient (Wildman–Crippen LogP) is 4.23. The van der Waals surface area contributed by atoms with E-state index in [1.165, 1.54) is 12.8 Å². The minimum absolute atomic E-state index is 0.138. The van der Waals surface area contributed by atoms with E-state index in [1.807, 2.05) is 0 Å². The van der Waals surface area contributed by atoms with Crippen LogP contribution in [0.3, 0.4) is 0 Å². The van der Waals surface area contributed by atoms with Crippen LogP contribution in [0.4, 0.5) is 0 Å². The van der Waals surface area contributed by atoms with Gasteiger partial charge in [0.1, 0.15) is 0 Å². The minimum Gasteiger partial charge on any atom is -0.481 e. The Morgan fingerprint density at radius 1 is 1.25 bits per heavy atom. The molecule has 3 atom stereocenters. The second-order valence-corrected chi connectivity index (χ2v) is 7.34. The van der Waals surface area contributed by atoms with E-state index in [0.717, 1.165) is 38.5 Å².